The van der Waals surface area contributed by atoms with Crippen LogP contribution in [0.4, 0.5) is 0 Å². The summed E-state index contributed by atoms with van der Waals surface area (Å²) < 4.78 is 24.7. The molecule has 1 heterocycles. The Labute approximate surface area is 140 Å². The van der Waals surface area contributed by atoms with Crippen LogP contribution in [0.3, 0.4) is 0 Å². The summed E-state index contributed by atoms with van der Waals surface area (Å²) in [6.07, 6.45) is 4.89. The number of sulfonamides is 1. The molecule has 0 aromatic carbocycles. The van der Waals surface area contributed by atoms with E-state index in [-0.39, 0.29) is 23.3 Å². The Morgan fingerprint density at radius 3 is 2.17 bits per heavy atom. The Bertz CT molecular complexity index is 597. The number of nitrogens with zero attached hydrogens (tertiary/aromatic N) is 2. The number of piperidine rings is 1. The molecule has 0 spiro atoms. The maximum atomic E-state index is 12.8. The molecule has 1 aliphatic carbocycles. The SMILES string of the molecule is CC(C)=C[C@@H]1[C@@H](C(=O)N2CCC(N(C)S(C)(=O)=O)CC2)C1(C)C. The molecule has 1 aliphatic heterocycles. The van der Waals surface area contributed by atoms with Gasteiger partial charge in [-0.25, -0.2) is 12.7 Å². The summed E-state index contributed by atoms with van der Waals surface area (Å²) in [7, 11) is -1.53. The molecule has 2 aliphatic rings. The van der Waals surface area contributed by atoms with Crippen LogP contribution in [0.25, 0.3) is 0 Å². The normalized spacial score (nSPS) is 27.9. The van der Waals surface area contributed by atoms with Gasteiger partial charge in [0.2, 0.25) is 15.9 Å². The average Bonchev–Trinajstić information content (AvgIpc) is 2.96. The van der Waals surface area contributed by atoms with Crippen LogP contribution >= 0.6 is 0 Å². The highest BCUT2D eigenvalue weighted by Crippen LogP contribution is 2.60. The Morgan fingerprint density at radius 2 is 1.74 bits per heavy atom. The Hall–Kier alpha value is -0.880. The van der Waals surface area contributed by atoms with Gasteiger partial charge >= 0.3 is 0 Å². The van der Waals surface area contributed by atoms with Crippen molar-refractivity contribution in [1.29, 1.82) is 0 Å². The van der Waals surface area contributed by atoms with Gasteiger partial charge in [-0.2, -0.15) is 0 Å². The number of carbonyl (C=O) groups is 1. The highest BCUT2D eigenvalue weighted by Gasteiger charge is 2.61. The quantitative estimate of drug-likeness (QED) is 0.735. The number of allylic oxidation sites excluding steroid dienone is 2. The van der Waals surface area contributed by atoms with Crippen LogP contribution in [0.15, 0.2) is 11.6 Å². The molecule has 1 saturated heterocycles. The van der Waals surface area contributed by atoms with E-state index in [1.165, 1.54) is 16.1 Å². The second-order valence-electron chi connectivity index (χ2n) is 7.90. The summed E-state index contributed by atoms with van der Waals surface area (Å²) in [6.45, 7) is 9.76. The molecule has 0 unspecified atom stereocenters. The van der Waals surface area contributed by atoms with E-state index in [0.29, 0.717) is 19.0 Å². The van der Waals surface area contributed by atoms with Crippen LogP contribution in [0.5, 0.6) is 0 Å². The maximum absolute atomic E-state index is 12.8. The molecule has 2 fully saturated rings. The summed E-state index contributed by atoms with van der Waals surface area (Å²) >= 11 is 0. The molecule has 132 valence electrons. The topological polar surface area (TPSA) is 57.7 Å². The fraction of sp³-hybridized carbons (Fsp3) is 0.824. The van der Waals surface area contributed by atoms with Crippen LogP contribution in [0, 0.1) is 17.3 Å². The van der Waals surface area contributed by atoms with Gasteiger partial charge in [-0.15, -0.1) is 0 Å². The number of carbonyl (C=O) groups excluding carboxylic acids is 1. The number of rotatable bonds is 4. The van der Waals surface area contributed by atoms with Crippen LogP contribution in [-0.4, -0.2) is 56.0 Å². The fourth-order valence-electron chi connectivity index (χ4n) is 3.74. The van der Waals surface area contributed by atoms with Crippen molar-refractivity contribution in [3.05, 3.63) is 11.6 Å². The van der Waals surface area contributed by atoms with E-state index in [1.807, 2.05) is 4.90 Å². The number of likely N-dealkylation sites (tertiary alicyclic amines) is 1. The predicted octanol–water partition coefficient (Wildman–Crippen LogP) is 2.11. The average molecular weight is 343 g/mol. The third kappa shape index (κ3) is 3.79. The lowest BCUT2D eigenvalue weighted by atomic mass is 10.0. The molecule has 0 radical (unpaired) electrons. The zero-order valence-electron chi connectivity index (χ0n) is 15.2. The van der Waals surface area contributed by atoms with Gasteiger partial charge in [-0.1, -0.05) is 25.5 Å². The minimum atomic E-state index is -3.16. The highest BCUT2D eigenvalue weighted by molar-refractivity contribution is 7.88. The Balaban J connectivity index is 1.96. The van der Waals surface area contributed by atoms with Gasteiger partial charge in [0, 0.05) is 26.2 Å². The number of hydrogen-bond donors (Lipinski definition) is 0. The van der Waals surface area contributed by atoms with Gasteiger partial charge in [-0.05, 0) is 38.0 Å². The number of hydrogen-bond acceptors (Lipinski definition) is 3. The van der Waals surface area contributed by atoms with Gasteiger partial charge in [-0.3, -0.25) is 4.79 Å². The van der Waals surface area contributed by atoms with E-state index >= 15 is 0 Å². The summed E-state index contributed by atoms with van der Waals surface area (Å²) in [4.78, 5) is 14.7. The first-order chi connectivity index (χ1) is 10.5. The fourth-order valence-corrected chi connectivity index (χ4v) is 4.49. The van der Waals surface area contributed by atoms with Crippen molar-refractivity contribution < 1.29 is 13.2 Å². The molecule has 0 aromatic heterocycles. The van der Waals surface area contributed by atoms with E-state index < -0.39 is 10.0 Å². The van der Waals surface area contributed by atoms with Gasteiger partial charge in [0.15, 0.2) is 0 Å². The summed E-state index contributed by atoms with van der Waals surface area (Å²) in [6, 6.07) is 0.00911. The van der Waals surface area contributed by atoms with Gasteiger partial charge in [0.05, 0.1) is 12.2 Å². The van der Waals surface area contributed by atoms with Crippen molar-refractivity contribution in [1.82, 2.24) is 9.21 Å². The minimum absolute atomic E-state index is 0.00911. The molecular weight excluding hydrogens is 312 g/mol. The van der Waals surface area contributed by atoms with E-state index in [1.54, 1.807) is 7.05 Å². The van der Waals surface area contributed by atoms with Crippen LogP contribution in [0.2, 0.25) is 0 Å². The molecular formula is C17H30N2O3S. The van der Waals surface area contributed by atoms with E-state index in [0.717, 1.165) is 12.8 Å². The first-order valence-corrected chi connectivity index (χ1v) is 10.2. The van der Waals surface area contributed by atoms with Crippen molar-refractivity contribution in [2.45, 2.75) is 46.6 Å². The van der Waals surface area contributed by atoms with Crippen LogP contribution in [-0.2, 0) is 14.8 Å². The third-order valence-electron chi connectivity index (χ3n) is 5.50. The lowest BCUT2D eigenvalue weighted by Gasteiger charge is -2.36. The lowest BCUT2D eigenvalue weighted by Crippen LogP contribution is -2.47. The number of amides is 1. The first kappa shape index (κ1) is 18.5. The monoisotopic (exact) mass is 342 g/mol. The van der Waals surface area contributed by atoms with Gasteiger partial charge < -0.3 is 4.90 Å². The summed E-state index contributed by atoms with van der Waals surface area (Å²) in [5, 5.41) is 0. The van der Waals surface area contributed by atoms with Crippen molar-refractivity contribution >= 4 is 15.9 Å². The molecule has 2 atom stereocenters. The van der Waals surface area contributed by atoms with E-state index in [9.17, 15) is 13.2 Å². The lowest BCUT2D eigenvalue weighted by molar-refractivity contribution is -0.134. The minimum Gasteiger partial charge on any atom is -0.342 e. The molecule has 6 heteroatoms. The standard InChI is InChI=1S/C17H30N2O3S/c1-12(2)11-14-15(17(14,3)4)16(20)19-9-7-13(8-10-19)18(5)23(6,21)22/h11,13-15H,7-10H2,1-6H3/t14-,15+/m1/s1. The maximum Gasteiger partial charge on any atom is 0.226 e. The van der Waals surface area contributed by atoms with Crippen molar-refractivity contribution in [3.8, 4) is 0 Å². The van der Waals surface area contributed by atoms with Crippen molar-refractivity contribution in [3.63, 3.8) is 0 Å². The summed E-state index contributed by atoms with van der Waals surface area (Å²) in [5.41, 5.74) is 1.29. The molecule has 0 bridgehead atoms. The zero-order valence-corrected chi connectivity index (χ0v) is 16.0. The summed E-state index contributed by atoms with van der Waals surface area (Å²) in [5.74, 6) is 0.635. The Kier molecular flexibility index (Phi) is 4.98. The molecule has 5 nitrogen and oxygen atoms in total. The highest BCUT2D eigenvalue weighted by atomic mass is 32.2. The molecule has 1 saturated carbocycles. The molecule has 1 amide bonds. The van der Waals surface area contributed by atoms with Crippen molar-refractivity contribution in [2.24, 2.45) is 17.3 Å². The zero-order chi connectivity index (χ0) is 17.6. The third-order valence-corrected chi connectivity index (χ3v) is 6.85. The van der Waals surface area contributed by atoms with E-state index in [2.05, 4.69) is 33.8 Å². The second kappa shape index (κ2) is 6.20. The molecule has 0 N–H and O–H groups in total. The van der Waals surface area contributed by atoms with E-state index in [4.69, 9.17) is 0 Å². The van der Waals surface area contributed by atoms with Gasteiger partial charge in [0.25, 0.3) is 0 Å². The molecule has 23 heavy (non-hydrogen) atoms. The second-order valence-corrected chi connectivity index (χ2v) is 9.95. The molecule has 2 rings (SSSR count). The van der Waals surface area contributed by atoms with Crippen LogP contribution < -0.4 is 0 Å². The first-order valence-electron chi connectivity index (χ1n) is 8.33. The van der Waals surface area contributed by atoms with Crippen LogP contribution in [0.1, 0.15) is 40.5 Å². The predicted molar refractivity (Wildman–Crippen MR) is 92.4 cm³/mol. The van der Waals surface area contributed by atoms with Crippen molar-refractivity contribution in [2.75, 3.05) is 26.4 Å². The smallest absolute Gasteiger partial charge is 0.226 e. The van der Waals surface area contributed by atoms with Gasteiger partial charge in [0.1, 0.15) is 0 Å². The largest absolute Gasteiger partial charge is 0.342 e. The Morgan fingerprint density at radius 1 is 1.22 bits per heavy atom. The molecule has 0 aromatic rings.